The number of aliphatic imine (C=N–C) groups is 1. The van der Waals surface area contributed by atoms with E-state index in [2.05, 4.69) is 65.7 Å². The summed E-state index contributed by atoms with van der Waals surface area (Å²) in [6.07, 6.45) is 1.53. The van der Waals surface area contributed by atoms with Crippen LogP contribution in [0.1, 0.15) is 45.0 Å². The number of morpholine rings is 1. The molecule has 0 saturated carbocycles. The van der Waals surface area contributed by atoms with Gasteiger partial charge in [0.2, 0.25) is 0 Å². The number of ether oxygens (including phenoxy) is 2. The van der Waals surface area contributed by atoms with E-state index in [0.717, 1.165) is 51.8 Å². The van der Waals surface area contributed by atoms with Crippen molar-refractivity contribution in [2.75, 3.05) is 46.4 Å². The van der Waals surface area contributed by atoms with Crippen molar-refractivity contribution in [3.8, 4) is 0 Å². The molecule has 1 fully saturated rings. The van der Waals surface area contributed by atoms with E-state index in [1.807, 2.05) is 18.4 Å². The summed E-state index contributed by atoms with van der Waals surface area (Å²) < 4.78 is 11.6. The predicted octanol–water partition coefficient (Wildman–Crippen LogP) is 3.74. The van der Waals surface area contributed by atoms with Gasteiger partial charge in [-0.1, -0.05) is 19.9 Å². The normalized spacial score (nSPS) is 20.2. The Labute approximate surface area is 197 Å². The van der Waals surface area contributed by atoms with E-state index in [1.54, 1.807) is 0 Å². The van der Waals surface area contributed by atoms with Crippen molar-refractivity contribution in [3.05, 3.63) is 22.4 Å². The summed E-state index contributed by atoms with van der Waals surface area (Å²) in [7, 11) is 1.83. The highest BCUT2D eigenvalue weighted by molar-refractivity contribution is 14.0. The fourth-order valence-electron chi connectivity index (χ4n) is 3.59. The summed E-state index contributed by atoms with van der Waals surface area (Å²) in [5.74, 6) is 1.37. The molecule has 0 aromatic carbocycles. The summed E-state index contributed by atoms with van der Waals surface area (Å²) in [6, 6.07) is 4.68. The molecule has 2 N–H and O–H groups in total. The fraction of sp³-hybridized carbons (Fsp3) is 0.762. The average Bonchev–Trinajstić information content (AvgIpc) is 3.20. The van der Waals surface area contributed by atoms with Gasteiger partial charge < -0.3 is 20.1 Å². The van der Waals surface area contributed by atoms with E-state index in [0.29, 0.717) is 12.0 Å². The molecule has 1 aromatic heterocycles. The smallest absolute Gasteiger partial charge is 0.191 e. The zero-order valence-electron chi connectivity index (χ0n) is 18.5. The van der Waals surface area contributed by atoms with Crippen LogP contribution in [0.2, 0.25) is 0 Å². The maximum Gasteiger partial charge on any atom is 0.191 e. The third kappa shape index (κ3) is 9.08. The van der Waals surface area contributed by atoms with Gasteiger partial charge in [0.1, 0.15) is 0 Å². The Morgan fingerprint density at radius 1 is 1.41 bits per heavy atom. The summed E-state index contributed by atoms with van der Waals surface area (Å²) in [6.45, 7) is 13.8. The molecule has 1 saturated heterocycles. The third-order valence-corrected chi connectivity index (χ3v) is 6.09. The van der Waals surface area contributed by atoms with E-state index in [1.165, 1.54) is 4.88 Å². The molecule has 6 nitrogen and oxygen atoms in total. The van der Waals surface area contributed by atoms with Crippen molar-refractivity contribution in [1.29, 1.82) is 0 Å². The molecule has 1 aliphatic rings. The molecule has 2 heterocycles. The molecule has 1 aromatic rings. The number of guanidine groups is 1. The van der Waals surface area contributed by atoms with Crippen molar-refractivity contribution >= 4 is 41.3 Å². The summed E-state index contributed by atoms with van der Waals surface area (Å²) in [5, 5.41) is 9.12. The minimum atomic E-state index is 0. The maximum absolute atomic E-state index is 5.84. The Morgan fingerprint density at radius 3 is 2.79 bits per heavy atom. The highest BCUT2D eigenvalue weighted by Gasteiger charge is 2.26. The molecular weight excluding hydrogens is 499 g/mol. The van der Waals surface area contributed by atoms with Crippen LogP contribution >= 0.6 is 35.3 Å². The van der Waals surface area contributed by atoms with Crippen LogP contribution in [0.25, 0.3) is 0 Å². The molecule has 3 atom stereocenters. The lowest BCUT2D eigenvalue weighted by Gasteiger charge is -2.37. The van der Waals surface area contributed by atoms with E-state index in [4.69, 9.17) is 9.47 Å². The van der Waals surface area contributed by atoms with Crippen molar-refractivity contribution in [2.45, 2.75) is 52.4 Å². The Kier molecular flexibility index (Phi) is 13.4. The Bertz CT molecular complexity index is 571. The molecule has 0 aliphatic carbocycles. The maximum atomic E-state index is 5.84. The molecule has 8 heteroatoms. The van der Waals surface area contributed by atoms with Crippen molar-refractivity contribution in [2.24, 2.45) is 10.9 Å². The van der Waals surface area contributed by atoms with Gasteiger partial charge in [-0.25, -0.2) is 0 Å². The van der Waals surface area contributed by atoms with Crippen LogP contribution in [0.5, 0.6) is 0 Å². The lowest BCUT2D eigenvalue weighted by Crippen LogP contribution is -2.48. The molecular formula is C21H39IN4O2S. The summed E-state index contributed by atoms with van der Waals surface area (Å²) >= 11 is 1.82. The molecule has 0 bridgehead atoms. The van der Waals surface area contributed by atoms with Gasteiger partial charge in [0, 0.05) is 44.7 Å². The Morgan fingerprint density at radius 2 is 2.21 bits per heavy atom. The number of hydrogen-bond acceptors (Lipinski definition) is 5. The van der Waals surface area contributed by atoms with Crippen LogP contribution in [0, 0.1) is 5.92 Å². The van der Waals surface area contributed by atoms with Gasteiger partial charge in [0.15, 0.2) is 5.96 Å². The summed E-state index contributed by atoms with van der Waals surface area (Å²) in [5.41, 5.74) is 0. The van der Waals surface area contributed by atoms with E-state index < -0.39 is 0 Å². The summed E-state index contributed by atoms with van der Waals surface area (Å²) in [4.78, 5) is 8.30. The van der Waals surface area contributed by atoms with E-state index in [9.17, 15) is 0 Å². The molecule has 0 amide bonds. The van der Waals surface area contributed by atoms with Gasteiger partial charge in [0.05, 0.1) is 24.9 Å². The highest BCUT2D eigenvalue weighted by Crippen LogP contribution is 2.26. The number of rotatable bonds is 10. The minimum Gasteiger partial charge on any atom is -0.378 e. The van der Waals surface area contributed by atoms with Crippen LogP contribution < -0.4 is 10.6 Å². The first-order chi connectivity index (χ1) is 13.5. The van der Waals surface area contributed by atoms with Crippen molar-refractivity contribution in [1.82, 2.24) is 15.5 Å². The Balaban J connectivity index is 0.00000420. The first kappa shape index (κ1) is 26.6. The second kappa shape index (κ2) is 14.6. The number of hydrogen-bond donors (Lipinski definition) is 2. The molecule has 0 spiro atoms. The average molecular weight is 539 g/mol. The molecule has 1 aliphatic heterocycles. The minimum absolute atomic E-state index is 0. The van der Waals surface area contributed by atoms with Crippen LogP contribution in [0.4, 0.5) is 0 Å². The lowest BCUT2D eigenvalue weighted by molar-refractivity contribution is -0.0334. The van der Waals surface area contributed by atoms with Crippen molar-refractivity contribution < 1.29 is 9.47 Å². The Hall–Kier alpha value is -0.420. The standard InChI is InChI=1S/C21H38N4O2S.HI/c1-6-26-19(16(2)3)9-10-23-21(22-5)24-14-18(20-8-7-13-28-20)25-11-12-27-17(4)15-25;/h7-8,13,16-19H,6,9-12,14-15H2,1-5H3,(H2,22,23,24);1H. The third-order valence-electron chi connectivity index (χ3n) is 5.12. The van der Waals surface area contributed by atoms with Gasteiger partial charge in [-0.05, 0) is 37.6 Å². The lowest BCUT2D eigenvalue weighted by atomic mass is 10.0. The second-order valence-corrected chi connectivity index (χ2v) is 8.59. The topological polar surface area (TPSA) is 58.1 Å². The predicted molar refractivity (Wildman–Crippen MR) is 134 cm³/mol. The van der Waals surface area contributed by atoms with E-state index in [-0.39, 0.29) is 36.2 Å². The SMILES string of the molecule is CCOC(CCNC(=NC)NCC(c1cccs1)N1CCOC(C)C1)C(C)C.I. The quantitative estimate of drug-likeness (QED) is 0.270. The fourth-order valence-corrected chi connectivity index (χ4v) is 4.45. The molecule has 2 rings (SSSR count). The number of halogens is 1. The van der Waals surface area contributed by atoms with Crippen LogP contribution in [-0.4, -0.2) is 69.5 Å². The second-order valence-electron chi connectivity index (χ2n) is 7.61. The van der Waals surface area contributed by atoms with Gasteiger partial charge in [-0.15, -0.1) is 35.3 Å². The first-order valence-electron chi connectivity index (χ1n) is 10.5. The highest BCUT2D eigenvalue weighted by atomic mass is 127. The molecule has 168 valence electrons. The zero-order chi connectivity index (χ0) is 20.4. The first-order valence-corrected chi connectivity index (χ1v) is 11.4. The van der Waals surface area contributed by atoms with Gasteiger partial charge in [-0.2, -0.15) is 0 Å². The van der Waals surface area contributed by atoms with E-state index >= 15 is 0 Å². The molecule has 3 unspecified atom stereocenters. The van der Waals surface area contributed by atoms with Gasteiger partial charge in [0.25, 0.3) is 0 Å². The zero-order valence-corrected chi connectivity index (χ0v) is 21.7. The van der Waals surface area contributed by atoms with Crippen LogP contribution in [-0.2, 0) is 9.47 Å². The van der Waals surface area contributed by atoms with Crippen molar-refractivity contribution in [3.63, 3.8) is 0 Å². The molecule has 29 heavy (non-hydrogen) atoms. The monoisotopic (exact) mass is 538 g/mol. The number of nitrogens with zero attached hydrogens (tertiary/aromatic N) is 2. The van der Waals surface area contributed by atoms with Gasteiger partial charge >= 0.3 is 0 Å². The van der Waals surface area contributed by atoms with Crippen LogP contribution in [0.15, 0.2) is 22.5 Å². The molecule has 0 radical (unpaired) electrons. The number of thiophene rings is 1. The number of nitrogens with one attached hydrogen (secondary N) is 2. The van der Waals surface area contributed by atoms with Gasteiger partial charge in [-0.3, -0.25) is 9.89 Å². The largest absolute Gasteiger partial charge is 0.378 e. The van der Waals surface area contributed by atoms with Crippen LogP contribution in [0.3, 0.4) is 0 Å².